The van der Waals surface area contributed by atoms with E-state index in [-0.39, 0.29) is 0 Å². The van der Waals surface area contributed by atoms with Crippen LogP contribution in [0.2, 0.25) is 5.02 Å². The van der Waals surface area contributed by atoms with Gasteiger partial charge in [0.15, 0.2) is 5.82 Å². The molecule has 25 heavy (non-hydrogen) atoms. The van der Waals surface area contributed by atoms with Gasteiger partial charge < -0.3 is 0 Å². The van der Waals surface area contributed by atoms with E-state index in [1.807, 2.05) is 42.7 Å². The van der Waals surface area contributed by atoms with E-state index in [1.165, 1.54) is 5.56 Å². The van der Waals surface area contributed by atoms with Crippen LogP contribution in [0.4, 0.5) is 0 Å². The molecular weight excluding hydrogens is 400 g/mol. The largest absolute Gasteiger partial charge is 0.293 e. The van der Waals surface area contributed by atoms with E-state index in [9.17, 15) is 0 Å². The number of rotatable bonds is 3. The van der Waals surface area contributed by atoms with Gasteiger partial charge in [-0.25, -0.2) is 9.97 Å². The lowest BCUT2D eigenvalue weighted by Gasteiger charge is -2.27. The first kappa shape index (κ1) is 16.6. The van der Waals surface area contributed by atoms with E-state index in [4.69, 9.17) is 16.6 Å². The molecule has 4 nitrogen and oxygen atoms in total. The molecule has 3 heterocycles. The Hall–Kier alpha value is -1.82. The molecule has 0 fully saturated rings. The molecule has 126 valence electrons. The summed E-state index contributed by atoms with van der Waals surface area (Å²) in [6.07, 6.45) is 4.72. The number of hydrogen-bond donors (Lipinski definition) is 0. The van der Waals surface area contributed by atoms with Crippen LogP contribution in [0.25, 0.3) is 11.4 Å². The molecule has 1 aliphatic rings. The van der Waals surface area contributed by atoms with Crippen molar-refractivity contribution in [2.45, 2.75) is 19.5 Å². The normalized spacial score (nSPS) is 14.3. The highest BCUT2D eigenvalue weighted by Gasteiger charge is 2.19. The smallest absolute Gasteiger partial charge is 0.159 e. The molecule has 0 aliphatic carbocycles. The van der Waals surface area contributed by atoms with E-state index in [0.717, 1.165) is 58.3 Å². The van der Waals surface area contributed by atoms with E-state index in [2.05, 4.69) is 36.9 Å². The molecule has 1 aromatic carbocycles. The number of fused-ring (bicyclic) bond motifs is 1. The average molecular weight is 416 g/mol. The van der Waals surface area contributed by atoms with Gasteiger partial charge in [0.2, 0.25) is 0 Å². The fourth-order valence-electron chi connectivity index (χ4n) is 2.98. The van der Waals surface area contributed by atoms with Crippen molar-refractivity contribution in [3.05, 3.63) is 75.2 Å². The SMILES string of the molecule is Clc1ccc(-c2ncc3c(n2)CCN(Cc2ccc(Br)cn2)C3)cc1. The summed E-state index contributed by atoms with van der Waals surface area (Å²) in [5, 5.41) is 0.721. The van der Waals surface area contributed by atoms with Crippen LogP contribution in [0.15, 0.2) is 53.3 Å². The summed E-state index contributed by atoms with van der Waals surface area (Å²) >= 11 is 9.37. The number of nitrogens with zero attached hydrogens (tertiary/aromatic N) is 4. The first-order chi connectivity index (χ1) is 12.2. The highest BCUT2D eigenvalue weighted by Crippen LogP contribution is 2.23. The Labute approximate surface area is 160 Å². The summed E-state index contributed by atoms with van der Waals surface area (Å²) in [6.45, 7) is 2.67. The molecule has 3 aromatic rings. The highest BCUT2D eigenvalue weighted by atomic mass is 79.9. The fourth-order valence-corrected chi connectivity index (χ4v) is 3.34. The van der Waals surface area contributed by atoms with Crippen LogP contribution in [0.5, 0.6) is 0 Å². The maximum Gasteiger partial charge on any atom is 0.159 e. The van der Waals surface area contributed by atoms with Crippen LogP contribution in [0.1, 0.15) is 17.0 Å². The van der Waals surface area contributed by atoms with Gasteiger partial charge in [-0.3, -0.25) is 9.88 Å². The Morgan fingerprint density at radius 1 is 1.04 bits per heavy atom. The van der Waals surface area contributed by atoms with E-state index in [1.54, 1.807) is 0 Å². The summed E-state index contributed by atoms with van der Waals surface area (Å²) in [5.41, 5.74) is 4.40. The van der Waals surface area contributed by atoms with E-state index < -0.39 is 0 Å². The van der Waals surface area contributed by atoms with Gasteiger partial charge in [0.1, 0.15) is 0 Å². The fraction of sp³-hybridized carbons (Fsp3) is 0.211. The molecule has 0 saturated heterocycles. The van der Waals surface area contributed by atoms with Gasteiger partial charge in [-0.15, -0.1) is 0 Å². The lowest BCUT2D eigenvalue weighted by atomic mass is 10.1. The number of halogens is 2. The number of hydrogen-bond acceptors (Lipinski definition) is 4. The van der Waals surface area contributed by atoms with E-state index >= 15 is 0 Å². The second-order valence-electron chi connectivity index (χ2n) is 6.10. The van der Waals surface area contributed by atoms with Gasteiger partial charge in [0.25, 0.3) is 0 Å². The minimum Gasteiger partial charge on any atom is -0.293 e. The predicted molar refractivity (Wildman–Crippen MR) is 102 cm³/mol. The zero-order valence-corrected chi connectivity index (χ0v) is 15.8. The summed E-state index contributed by atoms with van der Waals surface area (Å²) in [7, 11) is 0. The molecule has 0 unspecified atom stereocenters. The van der Waals surface area contributed by atoms with Crippen LogP contribution in [0.3, 0.4) is 0 Å². The molecule has 0 saturated carbocycles. The van der Waals surface area contributed by atoms with Crippen molar-refractivity contribution in [3.8, 4) is 11.4 Å². The Balaban J connectivity index is 1.50. The van der Waals surface area contributed by atoms with Crippen molar-refractivity contribution in [3.63, 3.8) is 0 Å². The molecule has 0 spiro atoms. The molecule has 1 aliphatic heterocycles. The minimum atomic E-state index is 0.721. The second-order valence-corrected chi connectivity index (χ2v) is 7.45. The topological polar surface area (TPSA) is 41.9 Å². The lowest BCUT2D eigenvalue weighted by Crippen LogP contribution is -2.31. The van der Waals surface area contributed by atoms with Crippen molar-refractivity contribution in [2.75, 3.05) is 6.54 Å². The van der Waals surface area contributed by atoms with Gasteiger partial charge >= 0.3 is 0 Å². The maximum atomic E-state index is 5.95. The van der Waals surface area contributed by atoms with Crippen LogP contribution in [-0.4, -0.2) is 26.4 Å². The van der Waals surface area contributed by atoms with E-state index in [0.29, 0.717) is 0 Å². The first-order valence-corrected chi connectivity index (χ1v) is 9.28. The molecule has 0 amide bonds. The van der Waals surface area contributed by atoms with Crippen molar-refractivity contribution in [2.24, 2.45) is 0 Å². The zero-order chi connectivity index (χ0) is 17.2. The van der Waals surface area contributed by atoms with Crippen LogP contribution in [0, 0.1) is 0 Å². The van der Waals surface area contributed by atoms with Crippen LogP contribution < -0.4 is 0 Å². The monoisotopic (exact) mass is 414 g/mol. The minimum absolute atomic E-state index is 0.721. The average Bonchev–Trinajstić information content (AvgIpc) is 2.64. The number of benzene rings is 1. The number of aromatic nitrogens is 3. The Morgan fingerprint density at radius 3 is 2.64 bits per heavy atom. The molecule has 0 atom stereocenters. The lowest BCUT2D eigenvalue weighted by molar-refractivity contribution is 0.240. The summed E-state index contributed by atoms with van der Waals surface area (Å²) in [5.74, 6) is 0.762. The Kier molecular flexibility index (Phi) is 4.79. The Morgan fingerprint density at radius 2 is 1.88 bits per heavy atom. The molecular formula is C19H16BrClN4. The third kappa shape index (κ3) is 3.89. The third-order valence-electron chi connectivity index (χ3n) is 4.29. The Bertz CT molecular complexity index is 881. The molecule has 4 rings (SSSR count). The molecule has 0 radical (unpaired) electrons. The number of pyridine rings is 1. The second kappa shape index (κ2) is 7.20. The van der Waals surface area contributed by atoms with Gasteiger partial charge in [0, 0.05) is 59.1 Å². The first-order valence-electron chi connectivity index (χ1n) is 8.11. The highest BCUT2D eigenvalue weighted by molar-refractivity contribution is 9.10. The summed E-state index contributed by atoms with van der Waals surface area (Å²) in [4.78, 5) is 16.1. The quantitative estimate of drug-likeness (QED) is 0.631. The summed E-state index contributed by atoms with van der Waals surface area (Å²) in [6, 6.07) is 11.7. The predicted octanol–water partition coefficient (Wildman–Crippen LogP) is 4.51. The zero-order valence-electron chi connectivity index (χ0n) is 13.5. The van der Waals surface area contributed by atoms with Gasteiger partial charge in [0.05, 0.1) is 11.4 Å². The standard InChI is InChI=1S/C19H16BrClN4/c20-15-3-6-17(22-10-15)12-25-8-7-18-14(11-25)9-23-19(24-18)13-1-4-16(21)5-2-13/h1-6,9-10H,7-8,11-12H2. The maximum absolute atomic E-state index is 5.95. The van der Waals surface area contributed by atoms with Crippen molar-refractivity contribution in [1.82, 2.24) is 19.9 Å². The van der Waals surface area contributed by atoms with Crippen LogP contribution in [-0.2, 0) is 19.5 Å². The third-order valence-corrected chi connectivity index (χ3v) is 5.01. The molecule has 6 heteroatoms. The summed E-state index contributed by atoms with van der Waals surface area (Å²) < 4.78 is 1.00. The van der Waals surface area contributed by atoms with Crippen molar-refractivity contribution in [1.29, 1.82) is 0 Å². The van der Waals surface area contributed by atoms with Crippen molar-refractivity contribution < 1.29 is 0 Å². The van der Waals surface area contributed by atoms with Gasteiger partial charge in [-0.1, -0.05) is 11.6 Å². The van der Waals surface area contributed by atoms with Gasteiger partial charge in [-0.05, 0) is 52.3 Å². The van der Waals surface area contributed by atoms with Crippen molar-refractivity contribution >= 4 is 27.5 Å². The molecule has 0 bridgehead atoms. The molecule has 0 N–H and O–H groups in total. The van der Waals surface area contributed by atoms with Gasteiger partial charge in [-0.2, -0.15) is 0 Å². The van der Waals surface area contributed by atoms with Crippen LogP contribution >= 0.6 is 27.5 Å². The molecule has 2 aromatic heterocycles.